The van der Waals surface area contributed by atoms with Crippen molar-refractivity contribution in [2.24, 2.45) is 5.92 Å². The van der Waals surface area contributed by atoms with Crippen LogP contribution < -0.4 is 10.1 Å². The summed E-state index contributed by atoms with van der Waals surface area (Å²) in [6.45, 7) is 6.14. The van der Waals surface area contributed by atoms with E-state index in [0.29, 0.717) is 37.4 Å². The van der Waals surface area contributed by atoms with E-state index in [9.17, 15) is 18.0 Å². The molecule has 1 N–H and O–H groups in total. The molecular weight excluding hydrogens is 394 g/mol. The SMILES string of the molecule is CCCN(CCC)C(=O)C1CCN(S(=O)(=O)c2ccc3c(c2)NC(=O)CO3)CC1. The van der Waals surface area contributed by atoms with E-state index in [2.05, 4.69) is 19.2 Å². The summed E-state index contributed by atoms with van der Waals surface area (Å²) in [5, 5.41) is 2.64. The molecule has 1 saturated heterocycles. The maximum atomic E-state index is 13.0. The first kappa shape index (κ1) is 21.6. The maximum Gasteiger partial charge on any atom is 0.262 e. The minimum absolute atomic E-state index is 0.0757. The Balaban J connectivity index is 1.68. The number of sulfonamides is 1. The summed E-state index contributed by atoms with van der Waals surface area (Å²) in [7, 11) is -3.70. The number of ether oxygens (including phenoxy) is 1. The first-order valence-electron chi connectivity index (χ1n) is 10.2. The Morgan fingerprint density at radius 2 is 1.86 bits per heavy atom. The van der Waals surface area contributed by atoms with Gasteiger partial charge in [-0.3, -0.25) is 9.59 Å². The Labute approximate surface area is 172 Å². The second-order valence-corrected chi connectivity index (χ2v) is 9.44. The van der Waals surface area contributed by atoms with Crippen molar-refractivity contribution in [3.05, 3.63) is 18.2 Å². The maximum absolute atomic E-state index is 13.0. The summed E-state index contributed by atoms with van der Waals surface area (Å²) in [5.74, 6) is 0.157. The van der Waals surface area contributed by atoms with Crippen molar-refractivity contribution in [2.75, 3.05) is 38.1 Å². The molecule has 0 atom stereocenters. The van der Waals surface area contributed by atoms with Crippen molar-refractivity contribution in [2.45, 2.75) is 44.4 Å². The van der Waals surface area contributed by atoms with Crippen LogP contribution in [-0.4, -0.2) is 62.2 Å². The predicted octanol–water partition coefficient (Wildman–Crippen LogP) is 2.07. The van der Waals surface area contributed by atoms with Crippen molar-refractivity contribution in [1.82, 2.24) is 9.21 Å². The number of piperidine rings is 1. The molecule has 3 rings (SSSR count). The molecule has 2 heterocycles. The molecule has 0 radical (unpaired) electrons. The lowest BCUT2D eigenvalue weighted by Crippen LogP contribution is -2.44. The topological polar surface area (TPSA) is 96.0 Å². The normalized spacial score (nSPS) is 17.9. The number of rotatable bonds is 7. The van der Waals surface area contributed by atoms with Gasteiger partial charge in [0.25, 0.3) is 5.91 Å². The zero-order valence-electron chi connectivity index (χ0n) is 17.0. The number of benzene rings is 1. The number of nitrogens with one attached hydrogen (secondary N) is 1. The van der Waals surface area contributed by atoms with Crippen LogP contribution in [0, 0.1) is 5.92 Å². The van der Waals surface area contributed by atoms with Gasteiger partial charge in [-0.1, -0.05) is 13.8 Å². The van der Waals surface area contributed by atoms with Gasteiger partial charge in [0.1, 0.15) is 5.75 Å². The highest BCUT2D eigenvalue weighted by atomic mass is 32.2. The minimum Gasteiger partial charge on any atom is -0.482 e. The Morgan fingerprint density at radius 1 is 1.21 bits per heavy atom. The van der Waals surface area contributed by atoms with Gasteiger partial charge in [0.2, 0.25) is 15.9 Å². The van der Waals surface area contributed by atoms with Gasteiger partial charge in [0.05, 0.1) is 10.6 Å². The van der Waals surface area contributed by atoms with Crippen LogP contribution in [0.15, 0.2) is 23.1 Å². The standard InChI is InChI=1S/C20H29N3O5S/c1-3-9-22(10-4-2)20(25)15-7-11-23(12-8-15)29(26,27)16-5-6-18-17(13-16)21-19(24)14-28-18/h5-6,13,15H,3-4,7-12,14H2,1-2H3,(H,21,24). The number of carbonyl (C=O) groups is 2. The molecule has 0 aliphatic carbocycles. The fourth-order valence-electron chi connectivity index (χ4n) is 3.85. The number of anilines is 1. The summed E-state index contributed by atoms with van der Waals surface area (Å²) in [6, 6.07) is 4.49. The molecule has 29 heavy (non-hydrogen) atoms. The molecule has 0 spiro atoms. The molecule has 0 saturated carbocycles. The molecule has 1 aromatic carbocycles. The smallest absolute Gasteiger partial charge is 0.262 e. The molecule has 9 heteroatoms. The van der Waals surface area contributed by atoms with Gasteiger partial charge in [-0.05, 0) is 43.9 Å². The van der Waals surface area contributed by atoms with E-state index < -0.39 is 10.0 Å². The molecule has 0 aromatic heterocycles. The zero-order chi connectivity index (χ0) is 21.0. The van der Waals surface area contributed by atoms with E-state index in [0.717, 1.165) is 25.9 Å². The van der Waals surface area contributed by atoms with Crippen molar-refractivity contribution < 1.29 is 22.7 Å². The first-order valence-corrected chi connectivity index (χ1v) is 11.7. The number of carbonyl (C=O) groups excluding carboxylic acids is 2. The molecule has 0 unspecified atom stereocenters. The van der Waals surface area contributed by atoms with Gasteiger partial charge in [-0.25, -0.2) is 8.42 Å². The fraction of sp³-hybridized carbons (Fsp3) is 0.600. The highest BCUT2D eigenvalue weighted by Gasteiger charge is 2.34. The largest absolute Gasteiger partial charge is 0.482 e. The Kier molecular flexibility index (Phi) is 6.79. The fourth-order valence-corrected chi connectivity index (χ4v) is 5.34. The number of fused-ring (bicyclic) bond motifs is 1. The zero-order valence-corrected chi connectivity index (χ0v) is 17.8. The number of amides is 2. The van der Waals surface area contributed by atoms with Crippen molar-refractivity contribution in [3.63, 3.8) is 0 Å². The number of hydrogen-bond acceptors (Lipinski definition) is 5. The molecule has 2 aliphatic rings. The van der Waals surface area contributed by atoms with Crippen molar-refractivity contribution in [1.29, 1.82) is 0 Å². The average molecular weight is 424 g/mol. The van der Waals surface area contributed by atoms with E-state index in [-0.39, 0.29) is 29.2 Å². The lowest BCUT2D eigenvalue weighted by molar-refractivity contribution is -0.136. The average Bonchev–Trinajstić information content (AvgIpc) is 2.72. The van der Waals surface area contributed by atoms with Gasteiger partial charge in [-0.15, -0.1) is 0 Å². The number of hydrogen-bond donors (Lipinski definition) is 1. The van der Waals surface area contributed by atoms with E-state index in [1.165, 1.54) is 16.4 Å². The van der Waals surface area contributed by atoms with E-state index >= 15 is 0 Å². The highest BCUT2D eigenvalue weighted by Crippen LogP contribution is 2.32. The Morgan fingerprint density at radius 3 is 2.48 bits per heavy atom. The molecule has 2 amide bonds. The van der Waals surface area contributed by atoms with Crippen LogP contribution in [0.1, 0.15) is 39.5 Å². The van der Waals surface area contributed by atoms with Crippen LogP contribution in [0.4, 0.5) is 5.69 Å². The first-order chi connectivity index (χ1) is 13.9. The summed E-state index contributed by atoms with van der Waals surface area (Å²) in [4.78, 5) is 26.3. The highest BCUT2D eigenvalue weighted by molar-refractivity contribution is 7.89. The molecular formula is C20H29N3O5S. The van der Waals surface area contributed by atoms with Gasteiger partial charge in [0.15, 0.2) is 6.61 Å². The van der Waals surface area contributed by atoms with Crippen LogP contribution in [-0.2, 0) is 19.6 Å². The monoisotopic (exact) mass is 423 g/mol. The predicted molar refractivity (Wildman–Crippen MR) is 109 cm³/mol. The van der Waals surface area contributed by atoms with Gasteiger partial charge < -0.3 is 15.0 Å². The van der Waals surface area contributed by atoms with Crippen LogP contribution in [0.5, 0.6) is 5.75 Å². The molecule has 2 aliphatic heterocycles. The van der Waals surface area contributed by atoms with Crippen LogP contribution in [0.25, 0.3) is 0 Å². The third-order valence-corrected chi connectivity index (χ3v) is 7.22. The van der Waals surface area contributed by atoms with Crippen LogP contribution in [0.2, 0.25) is 0 Å². The number of nitrogens with zero attached hydrogens (tertiary/aromatic N) is 2. The molecule has 1 aromatic rings. The summed E-state index contributed by atoms with van der Waals surface area (Å²) >= 11 is 0. The molecule has 1 fully saturated rings. The van der Waals surface area contributed by atoms with Crippen LogP contribution in [0.3, 0.4) is 0 Å². The second-order valence-electron chi connectivity index (χ2n) is 7.50. The Hall–Kier alpha value is -2.13. The summed E-state index contributed by atoms with van der Waals surface area (Å²) in [5.41, 5.74) is 0.363. The van der Waals surface area contributed by atoms with Gasteiger partial charge >= 0.3 is 0 Å². The summed E-state index contributed by atoms with van der Waals surface area (Å²) < 4.78 is 32.8. The van der Waals surface area contributed by atoms with E-state index in [1.54, 1.807) is 6.07 Å². The van der Waals surface area contributed by atoms with Gasteiger partial charge in [0, 0.05) is 32.1 Å². The van der Waals surface area contributed by atoms with Crippen molar-refractivity contribution >= 4 is 27.5 Å². The molecule has 160 valence electrons. The second kappa shape index (κ2) is 9.13. The van der Waals surface area contributed by atoms with E-state index in [4.69, 9.17) is 4.74 Å². The van der Waals surface area contributed by atoms with E-state index in [1.807, 2.05) is 4.90 Å². The lowest BCUT2D eigenvalue weighted by atomic mass is 9.96. The lowest BCUT2D eigenvalue weighted by Gasteiger charge is -2.33. The summed E-state index contributed by atoms with van der Waals surface area (Å²) in [6.07, 6.45) is 2.87. The third-order valence-electron chi connectivity index (χ3n) is 5.32. The third kappa shape index (κ3) is 4.72. The van der Waals surface area contributed by atoms with Crippen molar-refractivity contribution in [3.8, 4) is 5.75 Å². The quantitative estimate of drug-likeness (QED) is 0.724. The van der Waals surface area contributed by atoms with Crippen LogP contribution >= 0.6 is 0 Å². The molecule has 0 bridgehead atoms. The Bertz CT molecular complexity index is 857. The minimum atomic E-state index is -3.70. The molecule has 8 nitrogen and oxygen atoms in total. The van der Waals surface area contributed by atoms with Gasteiger partial charge in [-0.2, -0.15) is 4.31 Å².